The predicted molar refractivity (Wildman–Crippen MR) is 77.5 cm³/mol. The van der Waals surface area contributed by atoms with Crippen molar-refractivity contribution in [3.63, 3.8) is 0 Å². The number of imide groups is 1. The number of likely N-dealkylation sites (N-methyl/N-ethyl adjacent to an activating group) is 1. The molecule has 21 heavy (non-hydrogen) atoms. The highest BCUT2D eigenvalue weighted by Gasteiger charge is 2.35. The van der Waals surface area contributed by atoms with E-state index in [1.807, 2.05) is 32.0 Å². The number of carbonyl (C=O) groups excluding carboxylic acids is 2. The average Bonchev–Trinajstić information content (AvgIpc) is 2.88. The number of furan rings is 1. The molecule has 1 aliphatic rings. The zero-order valence-electron chi connectivity index (χ0n) is 12.1. The molecule has 2 amide bonds. The summed E-state index contributed by atoms with van der Waals surface area (Å²) >= 11 is 0. The SMILES string of the molecule is CCN1C(=O)OC(=Cc2ccc3oc(C)c(C)c3c2)C1=O. The molecule has 0 spiro atoms. The zero-order chi connectivity index (χ0) is 15.1. The van der Waals surface area contributed by atoms with Crippen LogP contribution in [-0.4, -0.2) is 23.4 Å². The van der Waals surface area contributed by atoms with Gasteiger partial charge in [0.2, 0.25) is 0 Å². The lowest BCUT2D eigenvalue weighted by Gasteiger charge is -2.03. The third kappa shape index (κ3) is 2.11. The van der Waals surface area contributed by atoms with Crippen LogP contribution in [0.3, 0.4) is 0 Å². The van der Waals surface area contributed by atoms with E-state index < -0.39 is 12.0 Å². The molecule has 0 radical (unpaired) electrons. The van der Waals surface area contributed by atoms with Gasteiger partial charge in [0.15, 0.2) is 5.76 Å². The van der Waals surface area contributed by atoms with Crippen molar-refractivity contribution >= 4 is 29.0 Å². The first-order valence-corrected chi connectivity index (χ1v) is 6.76. The van der Waals surface area contributed by atoms with Crippen LogP contribution < -0.4 is 0 Å². The minimum atomic E-state index is -0.620. The maximum Gasteiger partial charge on any atom is 0.422 e. The van der Waals surface area contributed by atoms with Gasteiger partial charge in [0.1, 0.15) is 11.3 Å². The van der Waals surface area contributed by atoms with E-state index in [0.29, 0.717) is 6.54 Å². The Kier molecular flexibility index (Phi) is 3.05. The highest BCUT2D eigenvalue weighted by molar-refractivity contribution is 6.10. The molecular formula is C16H15NO4. The smallest absolute Gasteiger partial charge is 0.422 e. The van der Waals surface area contributed by atoms with Crippen LogP contribution in [0, 0.1) is 13.8 Å². The molecule has 108 valence electrons. The summed E-state index contributed by atoms with van der Waals surface area (Å²) in [6, 6.07) is 5.60. The summed E-state index contributed by atoms with van der Waals surface area (Å²) in [5, 5.41) is 0.992. The number of ether oxygens (including phenoxy) is 1. The minimum absolute atomic E-state index is 0.0547. The summed E-state index contributed by atoms with van der Waals surface area (Å²) < 4.78 is 10.6. The van der Waals surface area contributed by atoms with Crippen molar-refractivity contribution in [2.45, 2.75) is 20.8 Å². The van der Waals surface area contributed by atoms with E-state index in [2.05, 4.69) is 0 Å². The van der Waals surface area contributed by atoms with Crippen LogP contribution in [0.25, 0.3) is 17.0 Å². The Bertz CT molecular complexity index is 785. The van der Waals surface area contributed by atoms with Crippen LogP contribution in [-0.2, 0) is 9.53 Å². The summed E-state index contributed by atoms with van der Waals surface area (Å²) in [5.74, 6) is 0.525. The highest BCUT2D eigenvalue weighted by Crippen LogP contribution is 2.27. The van der Waals surface area contributed by atoms with Crippen molar-refractivity contribution in [2.75, 3.05) is 6.54 Å². The number of hydrogen-bond donors (Lipinski definition) is 0. The van der Waals surface area contributed by atoms with Gasteiger partial charge in [-0.2, -0.15) is 0 Å². The Morgan fingerprint density at radius 2 is 2.00 bits per heavy atom. The lowest BCUT2D eigenvalue weighted by molar-refractivity contribution is -0.123. The molecule has 1 fully saturated rings. The standard InChI is InChI=1S/C16H15NO4/c1-4-17-15(18)14(21-16(17)19)8-11-5-6-13-12(7-11)9(2)10(3)20-13/h5-8H,4H2,1-3H3. The number of aryl methyl sites for hydroxylation is 2. The van der Waals surface area contributed by atoms with Crippen LogP contribution in [0.5, 0.6) is 0 Å². The fourth-order valence-electron chi connectivity index (χ4n) is 2.37. The first-order valence-electron chi connectivity index (χ1n) is 6.76. The Balaban J connectivity index is 2.02. The van der Waals surface area contributed by atoms with Crippen molar-refractivity contribution in [1.29, 1.82) is 0 Å². The predicted octanol–water partition coefficient (Wildman–Crippen LogP) is 3.39. The first kappa shape index (κ1) is 13.4. The third-order valence-corrected chi connectivity index (χ3v) is 3.69. The molecule has 0 saturated carbocycles. The van der Waals surface area contributed by atoms with E-state index in [4.69, 9.17) is 9.15 Å². The lowest BCUT2D eigenvalue weighted by atomic mass is 10.1. The summed E-state index contributed by atoms with van der Waals surface area (Å²) in [4.78, 5) is 24.6. The first-order chi connectivity index (χ1) is 10.0. The van der Waals surface area contributed by atoms with Crippen LogP contribution in [0.1, 0.15) is 23.8 Å². The number of nitrogens with zero attached hydrogens (tertiary/aromatic N) is 1. The van der Waals surface area contributed by atoms with Crippen molar-refractivity contribution in [3.05, 3.63) is 40.8 Å². The van der Waals surface area contributed by atoms with Crippen molar-refractivity contribution < 1.29 is 18.7 Å². The maximum atomic E-state index is 12.0. The van der Waals surface area contributed by atoms with Crippen LogP contribution in [0.2, 0.25) is 0 Å². The van der Waals surface area contributed by atoms with E-state index >= 15 is 0 Å². The van der Waals surface area contributed by atoms with Crippen molar-refractivity contribution in [3.8, 4) is 0 Å². The molecule has 0 aliphatic carbocycles. The minimum Gasteiger partial charge on any atom is -0.461 e. The molecule has 0 bridgehead atoms. The number of fused-ring (bicyclic) bond motifs is 1. The summed E-state index contributed by atoms with van der Waals surface area (Å²) in [6.07, 6.45) is 0.960. The molecule has 2 heterocycles. The maximum absolute atomic E-state index is 12.0. The zero-order valence-corrected chi connectivity index (χ0v) is 12.1. The molecule has 1 aromatic heterocycles. The molecule has 5 nitrogen and oxygen atoms in total. The van der Waals surface area contributed by atoms with Gasteiger partial charge in [-0.25, -0.2) is 9.69 Å². The van der Waals surface area contributed by atoms with E-state index in [1.165, 1.54) is 0 Å². The van der Waals surface area contributed by atoms with Gasteiger partial charge < -0.3 is 9.15 Å². The summed E-state index contributed by atoms with van der Waals surface area (Å²) in [6.45, 7) is 5.92. The van der Waals surface area contributed by atoms with Crippen LogP contribution >= 0.6 is 0 Å². The quantitative estimate of drug-likeness (QED) is 0.793. The molecule has 0 unspecified atom stereocenters. The van der Waals surface area contributed by atoms with Crippen LogP contribution in [0.15, 0.2) is 28.4 Å². The van der Waals surface area contributed by atoms with Gasteiger partial charge in [-0.05, 0) is 50.1 Å². The molecule has 2 aromatic rings. The van der Waals surface area contributed by atoms with E-state index in [9.17, 15) is 9.59 Å². The number of cyclic esters (lactones) is 1. The van der Waals surface area contributed by atoms with E-state index in [-0.39, 0.29) is 5.76 Å². The molecule has 5 heteroatoms. The normalized spacial score (nSPS) is 17.1. The Labute approximate surface area is 121 Å². The summed E-state index contributed by atoms with van der Waals surface area (Å²) in [7, 11) is 0. The second kappa shape index (κ2) is 4.77. The van der Waals surface area contributed by atoms with Gasteiger partial charge in [-0.1, -0.05) is 6.07 Å². The fraction of sp³-hybridized carbons (Fsp3) is 0.250. The molecule has 3 rings (SSSR count). The second-order valence-electron chi connectivity index (χ2n) is 4.96. The topological polar surface area (TPSA) is 59.8 Å². The molecule has 0 atom stereocenters. The largest absolute Gasteiger partial charge is 0.461 e. The third-order valence-electron chi connectivity index (χ3n) is 3.69. The van der Waals surface area contributed by atoms with Gasteiger partial charge in [-0.15, -0.1) is 0 Å². The van der Waals surface area contributed by atoms with Crippen LogP contribution in [0.4, 0.5) is 4.79 Å². The second-order valence-corrected chi connectivity index (χ2v) is 4.96. The number of rotatable bonds is 2. The summed E-state index contributed by atoms with van der Waals surface area (Å²) in [5.41, 5.74) is 2.66. The highest BCUT2D eigenvalue weighted by atomic mass is 16.6. The number of hydrogen-bond acceptors (Lipinski definition) is 4. The average molecular weight is 285 g/mol. The molecule has 1 aliphatic heterocycles. The Morgan fingerprint density at radius 1 is 1.24 bits per heavy atom. The number of carbonyl (C=O) groups is 2. The van der Waals surface area contributed by atoms with Gasteiger partial charge in [0.05, 0.1) is 0 Å². The van der Waals surface area contributed by atoms with Crippen molar-refractivity contribution in [2.24, 2.45) is 0 Å². The molecule has 1 aromatic carbocycles. The van der Waals surface area contributed by atoms with Gasteiger partial charge in [-0.3, -0.25) is 4.79 Å². The Morgan fingerprint density at radius 3 is 2.67 bits per heavy atom. The van der Waals surface area contributed by atoms with Gasteiger partial charge >= 0.3 is 6.09 Å². The van der Waals surface area contributed by atoms with Gasteiger partial charge in [0.25, 0.3) is 5.91 Å². The van der Waals surface area contributed by atoms with E-state index in [0.717, 1.165) is 32.8 Å². The number of benzene rings is 1. The monoisotopic (exact) mass is 285 g/mol. The lowest BCUT2D eigenvalue weighted by Crippen LogP contribution is -2.28. The molecular weight excluding hydrogens is 270 g/mol. The fourth-order valence-corrected chi connectivity index (χ4v) is 2.37. The van der Waals surface area contributed by atoms with Gasteiger partial charge in [0, 0.05) is 11.9 Å². The molecule has 0 N–H and O–H groups in total. The number of amides is 2. The molecule has 1 saturated heterocycles. The Hall–Kier alpha value is -2.56. The van der Waals surface area contributed by atoms with E-state index in [1.54, 1.807) is 13.0 Å². The van der Waals surface area contributed by atoms with Crippen molar-refractivity contribution in [1.82, 2.24) is 4.90 Å².